The summed E-state index contributed by atoms with van der Waals surface area (Å²) in [6.07, 6.45) is 2.88. The number of nitrogens with one attached hydrogen (secondary N) is 1. The number of rotatable bonds is 9. The third-order valence-electron chi connectivity index (χ3n) is 2.86. The monoisotopic (exact) mass is 441 g/mol. The smallest absolute Gasteiger partial charge is 0.188 e. The van der Waals surface area contributed by atoms with Gasteiger partial charge >= 0.3 is 0 Å². The van der Waals surface area contributed by atoms with Gasteiger partial charge in [-0.3, -0.25) is 0 Å². The van der Waals surface area contributed by atoms with Crippen molar-refractivity contribution < 1.29 is 9.13 Å². The quantitative estimate of drug-likeness (QED) is 0.268. The Balaban J connectivity index is 0.00000441. The molecule has 126 valence electrons. The molecule has 1 rings (SSSR count). The van der Waals surface area contributed by atoms with Crippen LogP contribution in [0.25, 0.3) is 0 Å². The van der Waals surface area contributed by atoms with Crippen molar-refractivity contribution in [2.75, 3.05) is 26.0 Å². The molecular weight excluding hydrogens is 416 g/mol. The molecule has 0 radical (unpaired) electrons. The van der Waals surface area contributed by atoms with Crippen molar-refractivity contribution in [2.45, 2.75) is 25.6 Å². The highest BCUT2D eigenvalue weighted by molar-refractivity contribution is 14.0. The highest BCUT2D eigenvalue weighted by Crippen LogP contribution is 2.17. The number of thioether (sulfide) groups is 1. The van der Waals surface area contributed by atoms with E-state index in [4.69, 9.17) is 10.5 Å². The lowest BCUT2D eigenvalue weighted by Crippen LogP contribution is -2.32. The number of nitrogens with two attached hydrogens (primary N) is 1. The highest BCUT2D eigenvalue weighted by atomic mass is 127. The molecule has 0 bridgehead atoms. The first kappa shape index (κ1) is 21.5. The van der Waals surface area contributed by atoms with Gasteiger partial charge in [0.2, 0.25) is 0 Å². The number of ether oxygens (including phenoxy) is 1. The van der Waals surface area contributed by atoms with Crippen molar-refractivity contribution in [3.63, 3.8) is 0 Å². The summed E-state index contributed by atoms with van der Waals surface area (Å²) in [7, 11) is 0. The molecule has 0 fully saturated rings. The summed E-state index contributed by atoms with van der Waals surface area (Å²) in [5, 5.41) is 3.04. The van der Waals surface area contributed by atoms with Crippen LogP contribution in [0.2, 0.25) is 0 Å². The second-order valence-electron chi connectivity index (χ2n) is 4.52. The zero-order valence-corrected chi connectivity index (χ0v) is 16.2. The van der Waals surface area contributed by atoms with E-state index < -0.39 is 0 Å². The van der Waals surface area contributed by atoms with E-state index in [1.807, 2.05) is 13.2 Å². The number of aliphatic imine (C=N–C) groups is 1. The summed E-state index contributed by atoms with van der Waals surface area (Å²) in [6.45, 7) is 4.61. The SMILES string of the molecule is CCOCCCNC(N)=NCc1ccc(F)cc1CSC.I. The number of halogens is 2. The summed E-state index contributed by atoms with van der Waals surface area (Å²) in [4.78, 5) is 4.30. The Labute approximate surface area is 153 Å². The van der Waals surface area contributed by atoms with Gasteiger partial charge in [-0.1, -0.05) is 6.07 Å². The number of hydrogen-bond acceptors (Lipinski definition) is 3. The van der Waals surface area contributed by atoms with Gasteiger partial charge in [-0.05, 0) is 42.9 Å². The van der Waals surface area contributed by atoms with Crippen molar-refractivity contribution in [1.82, 2.24) is 5.32 Å². The number of hydrogen-bond donors (Lipinski definition) is 2. The van der Waals surface area contributed by atoms with Gasteiger partial charge in [-0.2, -0.15) is 11.8 Å². The van der Waals surface area contributed by atoms with Crippen molar-refractivity contribution in [1.29, 1.82) is 0 Å². The van der Waals surface area contributed by atoms with Gasteiger partial charge in [0.15, 0.2) is 5.96 Å². The number of nitrogens with zero attached hydrogens (tertiary/aromatic N) is 1. The largest absolute Gasteiger partial charge is 0.382 e. The second kappa shape index (κ2) is 13.0. The molecule has 0 unspecified atom stereocenters. The third-order valence-corrected chi connectivity index (χ3v) is 3.46. The first-order valence-corrected chi connectivity index (χ1v) is 8.44. The predicted molar refractivity (Wildman–Crippen MR) is 103 cm³/mol. The predicted octanol–water partition coefficient (Wildman–Crippen LogP) is 3.14. The lowest BCUT2D eigenvalue weighted by atomic mass is 10.1. The van der Waals surface area contributed by atoms with Gasteiger partial charge in [0, 0.05) is 25.5 Å². The average Bonchev–Trinajstić information content (AvgIpc) is 2.46. The minimum absolute atomic E-state index is 0. The fourth-order valence-corrected chi connectivity index (χ4v) is 2.38. The number of guanidine groups is 1. The van der Waals surface area contributed by atoms with E-state index in [2.05, 4.69) is 10.3 Å². The summed E-state index contributed by atoms with van der Waals surface area (Å²) >= 11 is 1.66. The molecule has 0 amide bonds. The topological polar surface area (TPSA) is 59.6 Å². The maximum atomic E-state index is 13.2. The summed E-state index contributed by atoms with van der Waals surface area (Å²) in [5.41, 5.74) is 7.78. The van der Waals surface area contributed by atoms with Crippen LogP contribution in [0.3, 0.4) is 0 Å². The number of benzene rings is 1. The first-order chi connectivity index (χ1) is 10.2. The van der Waals surface area contributed by atoms with Crippen LogP contribution in [0.5, 0.6) is 0 Å². The Morgan fingerprint density at radius 1 is 1.41 bits per heavy atom. The van der Waals surface area contributed by atoms with Crippen molar-refractivity contribution >= 4 is 41.7 Å². The van der Waals surface area contributed by atoms with Crippen molar-refractivity contribution in [2.24, 2.45) is 10.7 Å². The van der Waals surface area contributed by atoms with Gasteiger partial charge in [0.1, 0.15) is 5.82 Å². The van der Waals surface area contributed by atoms with E-state index in [1.165, 1.54) is 6.07 Å². The van der Waals surface area contributed by atoms with Gasteiger partial charge in [0.05, 0.1) is 6.54 Å². The van der Waals surface area contributed by atoms with Crippen LogP contribution in [0.1, 0.15) is 24.5 Å². The van der Waals surface area contributed by atoms with E-state index in [0.29, 0.717) is 19.1 Å². The Kier molecular flexibility index (Phi) is 12.6. The van der Waals surface area contributed by atoms with Gasteiger partial charge in [0.25, 0.3) is 0 Å². The van der Waals surface area contributed by atoms with Crippen LogP contribution in [-0.4, -0.2) is 32.0 Å². The minimum atomic E-state index is -0.214. The van der Waals surface area contributed by atoms with Crippen LogP contribution >= 0.6 is 35.7 Å². The molecular formula is C15H25FIN3OS. The lowest BCUT2D eigenvalue weighted by molar-refractivity contribution is 0.145. The van der Waals surface area contributed by atoms with Gasteiger partial charge in [-0.25, -0.2) is 9.38 Å². The minimum Gasteiger partial charge on any atom is -0.382 e. The molecule has 0 heterocycles. The second-order valence-corrected chi connectivity index (χ2v) is 5.39. The molecule has 0 atom stereocenters. The van der Waals surface area contributed by atoms with Crippen molar-refractivity contribution in [3.05, 3.63) is 35.1 Å². The highest BCUT2D eigenvalue weighted by Gasteiger charge is 2.03. The zero-order valence-electron chi connectivity index (χ0n) is 13.1. The van der Waals surface area contributed by atoms with E-state index in [0.717, 1.165) is 36.5 Å². The molecule has 0 saturated heterocycles. The average molecular weight is 441 g/mol. The molecule has 4 nitrogen and oxygen atoms in total. The van der Waals surface area contributed by atoms with E-state index >= 15 is 0 Å². The van der Waals surface area contributed by atoms with Gasteiger partial charge in [-0.15, -0.1) is 24.0 Å². The molecule has 7 heteroatoms. The first-order valence-electron chi connectivity index (χ1n) is 7.05. The Hall–Kier alpha value is -0.540. The maximum absolute atomic E-state index is 13.2. The molecule has 0 aromatic heterocycles. The standard InChI is InChI=1S/C15H24FN3OS.HI/c1-3-20-8-4-7-18-15(17)19-10-12-5-6-14(16)9-13(12)11-21-2;/h5-6,9H,3-4,7-8,10-11H2,1-2H3,(H3,17,18,19);1H. The normalized spacial score (nSPS) is 11.1. The van der Waals surface area contributed by atoms with Crippen molar-refractivity contribution in [3.8, 4) is 0 Å². The van der Waals surface area contributed by atoms with E-state index in [1.54, 1.807) is 23.9 Å². The zero-order chi connectivity index (χ0) is 15.5. The fourth-order valence-electron chi connectivity index (χ4n) is 1.80. The molecule has 0 spiro atoms. The summed E-state index contributed by atoms with van der Waals surface area (Å²) in [6, 6.07) is 4.79. The summed E-state index contributed by atoms with van der Waals surface area (Å²) in [5.74, 6) is 0.962. The summed E-state index contributed by atoms with van der Waals surface area (Å²) < 4.78 is 18.5. The van der Waals surface area contributed by atoms with Crippen LogP contribution in [0, 0.1) is 5.82 Å². The fraction of sp³-hybridized carbons (Fsp3) is 0.533. The molecule has 0 aliphatic carbocycles. The molecule has 0 aliphatic rings. The lowest BCUT2D eigenvalue weighted by Gasteiger charge is -2.08. The Morgan fingerprint density at radius 2 is 2.18 bits per heavy atom. The maximum Gasteiger partial charge on any atom is 0.188 e. The molecule has 0 saturated carbocycles. The molecule has 1 aromatic rings. The van der Waals surface area contributed by atoms with Crippen LogP contribution < -0.4 is 11.1 Å². The van der Waals surface area contributed by atoms with Crippen LogP contribution in [0.15, 0.2) is 23.2 Å². The van der Waals surface area contributed by atoms with Crippen LogP contribution in [0.4, 0.5) is 4.39 Å². The third kappa shape index (κ3) is 8.79. The molecule has 0 aliphatic heterocycles. The van der Waals surface area contributed by atoms with Gasteiger partial charge < -0.3 is 15.8 Å². The Bertz CT molecular complexity index is 460. The van der Waals surface area contributed by atoms with E-state index in [9.17, 15) is 4.39 Å². The van der Waals surface area contributed by atoms with Crippen LogP contribution in [-0.2, 0) is 17.0 Å². The molecule has 3 N–H and O–H groups in total. The molecule has 1 aromatic carbocycles. The van der Waals surface area contributed by atoms with E-state index in [-0.39, 0.29) is 29.8 Å². The molecule has 22 heavy (non-hydrogen) atoms. The Morgan fingerprint density at radius 3 is 2.86 bits per heavy atom.